The minimum absolute atomic E-state index is 0.0949. The van der Waals surface area contributed by atoms with Crippen LogP contribution < -0.4 is 20.1 Å². The van der Waals surface area contributed by atoms with Gasteiger partial charge >= 0.3 is 5.97 Å². The number of carboxylic acid groups (broad SMARTS) is 1. The molecular weight excluding hydrogens is 376 g/mol. The molecule has 2 aromatic rings. The maximum absolute atomic E-state index is 12.6. The molecule has 1 atom stereocenters. The van der Waals surface area contributed by atoms with Gasteiger partial charge in [-0.3, -0.25) is 14.4 Å². The monoisotopic (exact) mass is 396 g/mol. The third kappa shape index (κ3) is 4.92. The minimum Gasteiger partial charge on any atom is -0.480 e. The number of aryl methyl sites for hydroxylation is 1. The Morgan fingerprint density at radius 2 is 1.76 bits per heavy atom. The third-order valence-electron chi connectivity index (χ3n) is 4.23. The lowest BCUT2D eigenvalue weighted by Crippen LogP contribution is -2.42. The molecule has 0 bridgehead atoms. The minimum atomic E-state index is -1.19. The molecule has 29 heavy (non-hydrogen) atoms. The van der Waals surface area contributed by atoms with Crippen LogP contribution in [0.25, 0.3) is 6.08 Å². The second kappa shape index (κ2) is 8.47. The third-order valence-corrected chi connectivity index (χ3v) is 4.23. The number of rotatable bonds is 6. The van der Waals surface area contributed by atoms with Crippen LogP contribution in [-0.2, 0) is 9.59 Å². The molecule has 0 saturated heterocycles. The standard InChI is InChI=1S/C21H20N2O6/c1-12-3-6-15(7-4-12)19(24)23-16(20(25)22-13(2)21(26)27)9-14-5-8-17-18(10-14)29-11-28-17/h3-10,13H,11H2,1-2H3,(H,22,25)(H,23,24)(H,26,27)/b16-9+. The second-order valence-electron chi connectivity index (χ2n) is 6.52. The van der Waals surface area contributed by atoms with Crippen molar-refractivity contribution in [2.45, 2.75) is 19.9 Å². The number of carboxylic acids is 1. The van der Waals surface area contributed by atoms with E-state index in [1.807, 2.05) is 6.92 Å². The van der Waals surface area contributed by atoms with Crippen molar-refractivity contribution in [1.82, 2.24) is 10.6 Å². The zero-order valence-electron chi connectivity index (χ0n) is 15.9. The first-order chi connectivity index (χ1) is 13.8. The number of carbonyl (C=O) groups is 3. The zero-order chi connectivity index (χ0) is 21.0. The highest BCUT2D eigenvalue weighted by molar-refractivity contribution is 6.06. The molecule has 1 heterocycles. The van der Waals surface area contributed by atoms with Gasteiger partial charge in [-0.1, -0.05) is 23.8 Å². The van der Waals surface area contributed by atoms with Crippen molar-refractivity contribution in [1.29, 1.82) is 0 Å². The van der Waals surface area contributed by atoms with Gasteiger partial charge in [0.05, 0.1) is 0 Å². The summed E-state index contributed by atoms with van der Waals surface area (Å²) in [6.07, 6.45) is 1.44. The molecular formula is C21H20N2O6. The van der Waals surface area contributed by atoms with E-state index in [2.05, 4.69) is 10.6 Å². The lowest BCUT2D eigenvalue weighted by Gasteiger charge is -2.14. The van der Waals surface area contributed by atoms with Crippen LogP contribution in [0.5, 0.6) is 11.5 Å². The van der Waals surface area contributed by atoms with Gasteiger partial charge in [-0.25, -0.2) is 0 Å². The number of nitrogens with one attached hydrogen (secondary N) is 2. The van der Waals surface area contributed by atoms with Gasteiger partial charge in [0.2, 0.25) is 6.79 Å². The topological polar surface area (TPSA) is 114 Å². The van der Waals surface area contributed by atoms with Gasteiger partial charge in [-0.15, -0.1) is 0 Å². The van der Waals surface area contributed by atoms with Gasteiger partial charge < -0.3 is 25.2 Å². The van der Waals surface area contributed by atoms with Crippen molar-refractivity contribution in [2.75, 3.05) is 6.79 Å². The first-order valence-corrected chi connectivity index (χ1v) is 8.86. The molecule has 0 spiro atoms. The van der Waals surface area contributed by atoms with Gasteiger partial charge in [0.1, 0.15) is 11.7 Å². The molecule has 1 unspecified atom stereocenters. The van der Waals surface area contributed by atoms with Crippen molar-refractivity contribution in [2.24, 2.45) is 0 Å². The van der Waals surface area contributed by atoms with E-state index >= 15 is 0 Å². The summed E-state index contributed by atoms with van der Waals surface area (Å²) in [6.45, 7) is 3.34. The molecule has 0 saturated carbocycles. The Morgan fingerprint density at radius 3 is 2.45 bits per heavy atom. The highest BCUT2D eigenvalue weighted by Gasteiger charge is 2.20. The fourth-order valence-electron chi connectivity index (χ4n) is 2.56. The van der Waals surface area contributed by atoms with Gasteiger partial charge in [0.15, 0.2) is 11.5 Å². The molecule has 0 aliphatic carbocycles. The quantitative estimate of drug-likeness (QED) is 0.644. The highest BCUT2D eigenvalue weighted by atomic mass is 16.7. The van der Waals surface area contributed by atoms with E-state index in [1.54, 1.807) is 42.5 Å². The fourth-order valence-corrected chi connectivity index (χ4v) is 2.56. The molecule has 1 aliphatic rings. The van der Waals surface area contributed by atoms with E-state index < -0.39 is 23.8 Å². The van der Waals surface area contributed by atoms with E-state index in [1.165, 1.54) is 13.0 Å². The summed E-state index contributed by atoms with van der Waals surface area (Å²) in [6, 6.07) is 10.8. The van der Waals surface area contributed by atoms with E-state index in [0.717, 1.165) is 5.56 Å². The van der Waals surface area contributed by atoms with Crippen LogP contribution >= 0.6 is 0 Å². The lowest BCUT2D eigenvalue weighted by molar-refractivity contribution is -0.140. The zero-order valence-corrected chi connectivity index (χ0v) is 15.9. The molecule has 2 amide bonds. The molecule has 150 valence electrons. The van der Waals surface area contributed by atoms with Crippen LogP contribution in [0.1, 0.15) is 28.4 Å². The van der Waals surface area contributed by atoms with E-state index in [-0.39, 0.29) is 12.5 Å². The number of ether oxygens (including phenoxy) is 2. The lowest BCUT2D eigenvalue weighted by atomic mass is 10.1. The van der Waals surface area contributed by atoms with Gasteiger partial charge in [-0.05, 0) is 49.8 Å². The Morgan fingerprint density at radius 1 is 1.07 bits per heavy atom. The summed E-state index contributed by atoms with van der Waals surface area (Å²) < 4.78 is 10.6. The number of hydrogen-bond donors (Lipinski definition) is 3. The first-order valence-electron chi connectivity index (χ1n) is 8.86. The largest absolute Gasteiger partial charge is 0.480 e. The van der Waals surface area contributed by atoms with Crippen LogP contribution in [0.2, 0.25) is 0 Å². The van der Waals surface area contributed by atoms with Gasteiger partial charge in [-0.2, -0.15) is 0 Å². The molecule has 0 fully saturated rings. The summed E-state index contributed by atoms with van der Waals surface area (Å²) in [5.41, 5.74) is 1.84. The van der Waals surface area contributed by atoms with Crippen LogP contribution in [0.4, 0.5) is 0 Å². The van der Waals surface area contributed by atoms with Crippen molar-refractivity contribution in [3.8, 4) is 11.5 Å². The molecule has 3 N–H and O–H groups in total. The van der Waals surface area contributed by atoms with Gasteiger partial charge in [0, 0.05) is 5.56 Å². The van der Waals surface area contributed by atoms with Crippen molar-refractivity contribution < 1.29 is 29.0 Å². The predicted octanol–water partition coefficient (Wildman–Crippen LogP) is 2.08. The summed E-state index contributed by atoms with van der Waals surface area (Å²) in [4.78, 5) is 36.2. The maximum atomic E-state index is 12.6. The summed E-state index contributed by atoms with van der Waals surface area (Å²) in [5.74, 6) is -1.31. The Labute approximate surface area is 167 Å². The Kier molecular flexibility index (Phi) is 5.82. The smallest absolute Gasteiger partial charge is 0.325 e. The SMILES string of the molecule is Cc1ccc(C(=O)N/C(=C/c2ccc3c(c2)OCO3)C(=O)NC(C)C(=O)O)cc1. The molecule has 1 aliphatic heterocycles. The fraction of sp³-hybridized carbons (Fsp3) is 0.190. The Hall–Kier alpha value is -3.81. The normalized spacial score (nSPS) is 13.5. The van der Waals surface area contributed by atoms with Crippen molar-refractivity contribution >= 4 is 23.9 Å². The summed E-state index contributed by atoms with van der Waals surface area (Å²) in [5, 5.41) is 13.9. The molecule has 2 aromatic carbocycles. The van der Waals surface area contributed by atoms with Crippen molar-refractivity contribution in [3.63, 3.8) is 0 Å². The molecule has 8 heteroatoms. The van der Waals surface area contributed by atoms with Gasteiger partial charge in [0.25, 0.3) is 11.8 Å². The molecule has 8 nitrogen and oxygen atoms in total. The van der Waals surface area contributed by atoms with Crippen LogP contribution in [-0.4, -0.2) is 35.7 Å². The average Bonchev–Trinajstić information content (AvgIpc) is 3.15. The first kappa shape index (κ1) is 19.9. The number of aliphatic carboxylic acids is 1. The highest BCUT2D eigenvalue weighted by Crippen LogP contribution is 2.33. The summed E-state index contributed by atoms with van der Waals surface area (Å²) in [7, 11) is 0. The number of benzene rings is 2. The van der Waals surface area contributed by atoms with Crippen LogP contribution in [0, 0.1) is 6.92 Å². The number of fused-ring (bicyclic) bond motifs is 1. The Bertz CT molecular complexity index is 981. The molecule has 0 aromatic heterocycles. The Balaban J connectivity index is 1.88. The second-order valence-corrected chi connectivity index (χ2v) is 6.52. The number of carbonyl (C=O) groups excluding carboxylic acids is 2. The van der Waals surface area contributed by atoms with E-state index in [4.69, 9.17) is 14.6 Å². The maximum Gasteiger partial charge on any atom is 0.325 e. The predicted molar refractivity (Wildman–Crippen MR) is 104 cm³/mol. The van der Waals surface area contributed by atoms with Crippen molar-refractivity contribution in [3.05, 3.63) is 64.9 Å². The average molecular weight is 396 g/mol. The molecule has 3 rings (SSSR count). The van der Waals surface area contributed by atoms with Crippen LogP contribution in [0.3, 0.4) is 0 Å². The number of amides is 2. The van der Waals surface area contributed by atoms with E-state index in [0.29, 0.717) is 22.6 Å². The molecule has 0 radical (unpaired) electrons. The number of hydrogen-bond acceptors (Lipinski definition) is 5. The summed E-state index contributed by atoms with van der Waals surface area (Å²) >= 11 is 0. The van der Waals surface area contributed by atoms with E-state index in [9.17, 15) is 14.4 Å². The van der Waals surface area contributed by atoms with Crippen LogP contribution in [0.15, 0.2) is 48.2 Å².